The molecule has 1 atom stereocenters. The van der Waals surface area contributed by atoms with Crippen LogP contribution in [0.25, 0.3) is 10.9 Å². The molecule has 0 radical (unpaired) electrons. The molecule has 0 saturated heterocycles. The smallest absolute Gasteiger partial charge is 0.148 e. The van der Waals surface area contributed by atoms with Crippen molar-refractivity contribution >= 4 is 47.4 Å². The molecule has 0 spiro atoms. The molecule has 0 bridgehead atoms. The monoisotopic (exact) mass is 561 g/mol. The van der Waals surface area contributed by atoms with E-state index in [9.17, 15) is 10.5 Å². The first-order valence-corrected chi connectivity index (χ1v) is 13.5. The maximum absolute atomic E-state index is 9.86. The Hall–Kier alpha value is -4.77. The van der Waals surface area contributed by atoms with Gasteiger partial charge in [-0.05, 0) is 47.4 Å². The van der Waals surface area contributed by atoms with E-state index in [4.69, 9.17) is 11.6 Å². The normalized spacial score (nSPS) is 14.4. The van der Waals surface area contributed by atoms with Crippen LogP contribution in [0.4, 0.5) is 17.1 Å². The van der Waals surface area contributed by atoms with Crippen LogP contribution in [0.2, 0.25) is 5.02 Å². The maximum atomic E-state index is 9.86. The van der Waals surface area contributed by atoms with E-state index in [-0.39, 0.29) is 5.41 Å². The van der Waals surface area contributed by atoms with Gasteiger partial charge < -0.3 is 16.1 Å². The van der Waals surface area contributed by atoms with Crippen LogP contribution in [0.5, 0.6) is 0 Å². The van der Waals surface area contributed by atoms with Crippen LogP contribution < -0.4 is 26.6 Å². The van der Waals surface area contributed by atoms with Gasteiger partial charge in [-0.25, -0.2) is 0 Å². The molecular formula is C30H29BClN9. The first-order valence-electron chi connectivity index (χ1n) is 13.1. The number of hydrazine groups is 2. The molecule has 204 valence electrons. The predicted octanol–water partition coefficient (Wildman–Crippen LogP) is 4.75. The Morgan fingerprint density at radius 2 is 1.90 bits per heavy atom. The average molecular weight is 562 g/mol. The number of benzene rings is 2. The average Bonchev–Trinajstić information content (AvgIpc) is 3.47. The lowest BCUT2D eigenvalue weighted by atomic mass is 9.69. The van der Waals surface area contributed by atoms with Crippen molar-refractivity contribution in [3.8, 4) is 12.1 Å². The Balaban J connectivity index is 1.63. The molecule has 5 rings (SSSR count). The molecule has 11 heteroatoms. The lowest BCUT2D eigenvalue weighted by molar-refractivity contribution is 0.443. The minimum absolute atomic E-state index is 0.0138. The minimum atomic E-state index is -0.840. The van der Waals surface area contributed by atoms with E-state index < -0.39 is 5.44 Å². The van der Waals surface area contributed by atoms with Crippen molar-refractivity contribution in [3.05, 3.63) is 101 Å². The van der Waals surface area contributed by atoms with Gasteiger partial charge in [0.25, 0.3) is 0 Å². The third-order valence-electron chi connectivity index (χ3n) is 6.84. The van der Waals surface area contributed by atoms with Gasteiger partial charge in [0.2, 0.25) is 0 Å². The molecule has 2 aromatic carbocycles. The second-order valence-electron chi connectivity index (χ2n) is 11.2. The summed E-state index contributed by atoms with van der Waals surface area (Å²) in [6.07, 6.45) is 6.97. The number of hydrogen-bond donors (Lipinski definition) is 4. The fourth-order valence-corrected chi connectivity index (χ4v) is 4.92. The molecule has 0 amide bonds. The summed E-state index contributed by atoms with van der Waals surface area (Å²) in [5.41, 5.74) is 11.1. The second kappa shape index (κ2) is 11.0. The Labute approximate surface area is 245 Å². The van der Waals surface area contributed by atoms with Crippen LogP contribution >= 0.6 is 11.6 Å². The summed E-state index contributed by atoms with van der Waals surface area (Å²) < 4.78 is 0. The molecule has 3 heterocycles. The highest BCUT2D eigenvalue weighted by Gasteiger charge is 2.35. The van der Waals surface area contributed by atoms with Gasteiger partial charge in [0.05, 0.1) is 56.4 Å². The third kappa shape index (κ3) is 5.76. The number of anilines is 3. The molecule has 1 aliphatic rings. The molecular weight excluding hydrogens is 533 g/mol. The summed E-state index contributed by atoms with van der Waals surface area (Å²) in [5, 5.41) is 29.6. The van der Waals surface area contributed by atoms with Crippen molar-refractivity contribution in [2.75, 3.05) is 22.2 Å². The summed E-state index contributed by atoms with van der Waals surface area (Å²) in [4.78, 5) is 8.71. The molecule has 41 heavy (non-hydrogen) atoms. The van der Waals surface area contributed by atoms with Gasteiger partial charge in [0, 0.05) is 36.2 Å². The topological polar surface area (TPSA) is 125 Å². The number of aromatic nitrogens is 2. The molecule has 4 aromatic rings. The first-order chi connectivity index (χ1) is 19.6. The lowest BCUT2D eigenvalue weighted by Gasteiger charge is -2.34. The number of halogens is 1. The van der Waals surface area contributed by atoms with Gasteiger partial charge in [-0.2, -0.15) is 10.5 Å². The van der Waals surface area contributed by atoms with Crippen molar-refractivity contribution in [1.29, 1.82) is 10.5 Å². The van der Waals surface area contributed by atoms with Crippen LogP contribution in [0.1, 0.15) is 37.5 Å². The van der Waals surface area contributed by atoms with Crippen molar-refractivity contribution in [3.63, 3.8) is 0 Å². The van der Waals surface area contributed by atoms with Crippen molar-refractivity contribution < 1.29 is 0 Å². The van der Waals surface area contributed by atoms with Crippen LogP contribution in [0.3, 0.4) is 0 Å². The zero-order valence-electron chi connectivity index (χ0n) is 23.2. The molecule has 0 saturated carbocycles. The van der Waals surface area contributed by atoms with Crippen LogP contribution in [-0.2, 0) is 5.44 Å². The van der Waals surface area contributed by atoms with E-state index in [1.165, 1.54) is 0 Å². The van der Waals surface area contributed by atoms with E-state index >= 15 is 0 Å². The number of nitrogens with one attached hydrogen (secondary N) is 4. The van der Waals surface area contributed by atoms with E-state index in [1.54, 1.807) is 24.7 Å². The third-order valence-corrected chi connectivity index (χ3v) is 7.12. The summed E-state index contributed by atoms with van der Waals surface area (Å²) in [6, 6.07) is 19.5. The van der Waals surface area contributed by atoms with Crippen LogP contribution in [0.15, 0.2) is 79.0 Å². The highest BCUT2D eigenvalue weighted by molar-refractivity contribution is 6.36. The first kappa shape index (κ1) is 27.8. The molecule has 1 unspecified atom stereocenters. The minimum Gasteiger partial charge on any atom is -0.383 e. The van der Waals surface area contributed by atoms with Crippen molar-refractivity contribution in [1.82, 2.24) is 20.9 Å². The number of rotatable bonds is 7. The summed E-state index contributed by atoms with van der Waals surface area (Å²) >= 11 is 6.79. The fourth-order valence-electron chi connectivity index (χ4n) is 4.65. The predicted molar refractivity (Wildman–Crippen MR) is 165 cm³/mol. The quantitative estimate of drug-likeness (QED) is 0.237. The molecule has 4 N–H and O–H groups in total. The lowest BCUT2D eigenvalue weighted by Crippen LogP contribution is -2.45. The Morgan fingerprint density at radius 1 is 1.07 bits per heavy atom. The van der Waals surface area contributed by atoms with Crippen LogP contribution in [0, 0.1) is 28.1 Å². The van der Waals surface area contributed by atoms with E-state index in [1.807, 2.05) is 61.5 Å². The molecule has 2 aromatic heterocycles. The molecule has 0 fully saturated rings. The number of fused-ring (bicyclic) bond motifs is 1. The SMILES string of the molecule is BC(Nc1cc(Cl)c2ncc(C#N)c(NCC(C)(C)C)c2c1)(C1=CN(c2cccnc2)NN1)c1cccc(C#N)c1. The number of hydrogen-bond acceptors (Lipinski definition) is 9. The van der Waals surface area contributed by atoms with Crippen molar-refractivity contribution in [2.45, 2.75) is 26.2 Å². The Bertz CT molecular complexity index is 1720. The van der Waals surface area contributed by atoms with Gasteiger partial charge >= 0.3 is 0 Å². The second-order valence-corrected chi connectivity index (χ2v) is 11.6. The van der Waals surface area contributed by atoms with Gasteiger partial charge in [-0.1, -0.05) is 44.5 Å². The highest BCUT2D eigenvalue weighted by Crippen LogP contribution is 2.38. The fraction of sp³-hybridized carbons (Fsp3) is 0.200. The standard InChI is InChI=1S/C30H29BClN9/c1-29(2,3)18-37-27-20(14-34)15-36-28-24(27)11-22(12-25(28)32)38-30(31,21-7-4-6-19(10-21)13-33)26-17-41(40-39-26)23-8-5-9-35-16-23/h4-12,15-17,38-40H,18,31H2,1-3H3,(H,36,37). The molecule has 0 aliphatic carbocycles. The Kier molecular flexibility index (Phi) is 7.46. The van der Waals surface area contributed by atoms with E-state index in [0.29, 0.717) is 39.6 Å². The molecule has 1 aliphatic heterocycles. The maximum Gasteiger partial charge on any atom is 0.148 e. The van der Waals surface area contributed by atoms with Gasteiger partial charge in [-0.15, -0.1) is 5.53 Å². The van der Waals surface area contributed by atoms with Gasteiger partial charge in [0.1, 0.15) is 13.9 Å². The molecule has 9 nitrogen and oxygen atoms in total. The number of pyridine rings is 2. The summed E-state index contributed by atoms with van der Waals surface area (Å²) in [6.45, 7) is 7.03. The zero-order chi connectivity index (χ0) is 29.2. The number of nitrogens with zero attached hydrogens (tertiary/aromatic N) is 5. The van der Waals surface area contributed by atoms with Crippen LogP contribution in [-0.4, -0.2) is 24.4 Å². The van der Waals surface area contributed by atoms with E-state index in [0.717, 1.165) is 22.3 Å². The Morgan fingerprint density at radius 3 is 2.61 bits per heavy atom. The highest BCUT2D eigenvalue weighted by atomic mass is 35.5. The van der Waals surface area contributed by atoms with E-state index in [2.05, 4.69) is 64.5 Å². The van der Waals surface area contributed by atoms with Crippen molar-refractivity contribution in [2.24, 2.45) is 5.41 Å². The summed E-state index contributed by atoms with van der Waals surface area (Å²) in [7, 11) is 2.03. The number of nitriles is 2. The van der Waals surface area contributed by atoms with Gasteiger partial charge in [-0.3, -0.25) is 15.0 Å². The zero-order valence-corrected chi connectivity index (χ0v) is 24.0. The summed E-state index contributed by atoms with van der Waals surface area (Å²) in [5.74, 6) is 0. The largest absolute Gasteiger partial charge is 0.383 e. The van der Waals surface area contributed by atoms with Gasteiger partial charge in [0.15, 0.2) is 0 Å².